The van der Waals surface area contributed by atoms with Crippen LogP contribution in [0.4, 0.5) is 5.69 Å². The normalized spacial score (nSPS) is 11.4. The lowest BCUT2D eigenvalue weighted by Gasteiger charge is -2.19. The van der Waals surface area contributed by atoms with Gasteiger partial charge in [0.05, 0.1) is 16.9 Å². The minimum absolute atomic E-state index is 0.0648. The zero-order valence-corrected chi connectivity index (χ0v) is 19.4. The van der Waals surface area contributed by atoms with E-state index in [1.165, 1.54) is 28.7 Å². The van der Waals surface area contributed by atoms with Gasteiger partial charge in [0, 0.05) is 24.7 Å². The van der Waals surface area contributed by atoms with Crippen molar-refractivity contribution in [1.82, 2.24) is 9.29 Å². The highest BCUT2D eigenvalue weighted by Gasteiger charge is 2.25. The van der Waals surface area contributed by atoms with Crippen LogP contribution >= 0.6 is 11.6 Å². The number of nitrogens with one attached hydrogen (secondary N) is 1. The Morgan fingerprint density at radius 1 is 1.06 bits per heavy atom. The highest BCUT2D eigenvalue weighted by Crippen LogP contribution is 2.26. The molecular formula is C23H24ClN3O4S. The number of ether oxygens (including phenoxy) is 1. The molecule has 0 radical (unpaired) electrons. The molecule has 1 aromatic heterocycles. The highest BCUT2D eigenvalue weighted by atomic mass is 35.5. The van der Waals surface area contributed by atoms with Crippen LogP contribution in [0.2, 0.25) is 5.02 Å². The first-order valence-electron chi connectivity index (χ1n) is 10.1. The number of hydrogen-bond acceptors (Lipinski definition) is 5. The van der Waals surface area contributed by atoms with E-state index in [4.69, 9.17) is 16.3 Å². The molecule has 0 spiro atoms. The van der Waals surface area contributed by atoms with E-state index in [2.05, 4.69) is 10.3 Å². The molecule has 1 heterocycles. The molecule has 1 N–H and O–H groups in total. The van der Waals surface area contributed by atoms with Crippen molar-refractivity contribution < 1.29 is 17.9 Å². The van der Waals surface area contributed by atoms with Gasteiger partial charge in [-0.05, 0) is 29.8 Å². The Labute approximate surface area is 193 Å². The van der Waals surface area contributed by atoms with Gasteiger partial charge in [-0.15, -0.1) is 0 Å². The standard InChI is InChI=1S/C23H24ClN3O4S/c1-3-27(4-2)32(29,30)21-14-18(10-12-20(21)24)23(28)26-19-11-13-22(25-15-19)31-16-17-8-6-5-7-9-17/h5-15H,3-4,16H2,1-2H3,(H,26,28). The van der Waals surface area contributed by atoms with Crippen LogP contribution in [-0.2, 0) is 16.6 Å². The van der Waals surface area contributed by atoms with Gasteiger partial charge >= 0.3 is 0 Å². The van der Waals surface area contributed by atoms with Gasteiger partial charge < -0.3 is 10.1 Å². The zero-order chi connectivity index (χ0) is 23.1. The Hall–Kier alpha value is -2.94. The van der Waals surface area contributed by atoms with Crippen LogP contribution in [-0.4, -0.2) is 36.7 Å². The second-order valence-corrected chi connectivity index (χ2v) is 9.16. The van der Waals surface area contributed by atoms with Gasteiger partial charge in [-0.3, -0.25) is 4.79 Å². The number of sulfonamides is 1. The molecule has 3 aromatic rings. The fraction of sp³-hybridized carbons (Fsp3) is 0.217. The number of carbonyl (C=O) groups is 1. The quantitative estimate of drug-likeness (QED) is 0.490. The Kier molecular flexibility index (Phi) is 7.84. The molecule has 168 valence electrons. The van der Waals surface area contributed by atoms with Crippen LogP contribution in [0.1, 0.15) is 29.8 Å². The molecular weight excluding hydrogens is 450 g/mol. The van der Waals surface area contributed by atoms with E-state index in [0.29, 0.717) is 31.3 Å². The second-order valence-electron chi connectivity index (χ2n) is 6.85. The average molecular weight is 474 g/mol. The third-order valence-corrected chi connectivity index (χ3v) is 7.27. The maximum atomic E-state index is 12.8. The van der Waals surface area contributed by atoms with Gasteiger partial charge in [0.2, 0.25) is 15.9 Å². The van der Waals surface area contributed by atoms with Gasteiger partial charge in [-0.1, -0.05) is 55.8 Å². The van der Waals surface area contributed by atoms with Crippen molar-refractivity contribution in [3.05, 3.63) is 83.0 Å². The van der Waals surface area contributed by atoms with Crippen molar-refractivity contribution in [2.75, 3.05) is 18.4 Å². The maximum Gasteiger partial charge on any atom is 0.255 e. The summed E-state index contributed by atoms with van der Waals surface area (Å²) in [6.45, 7) is 4.47. The first-order valence-corrected chi connectivity index (χ1v) is 11.9. The van der Waals surface area contributed by atoms with Crippen molar-refractivity contribution >= 4 is 33.2 Å². The number of hydrogen-bond donors (Lipinski definition) is 1. The summed E-state index contributed by atoms with van der Waals surface area (Å²) in [5.41, 5.74) is 1.64. The molecule has 0 aliphatic rings. The summed E-state index contributed by atoms with van der Waals surface area (Å²) in [7, 11) is -3.80. The van der Waals surface area contributed by atoms with E-state index >= 15 is 0 Å². The molecule has 0 aliphatic heterocycles. The van der Waals surface area contributed by atoms with E-state index in [1.54, 1.807) is 26.0 Å². The predicted molar refractivity (Wildman–Crippen MR) is 125 cm³/mol. The Balaban J connectivity index is 1.70. The second kappa shape index (κ2) is 10.6. The van der Waals surface area contributed by atoms with Crippen LogP contribution in [0, 0.1) is 0 Å². The lowest BCUT2D eigenvalue weighted by atomic mass is 10.2. The smallest absolute Gasteiger partial charge is 0.255 e. The summed E-state index contributed by atoms with van der Waals surface area (Å²) < 4.78 is 32.6. The number of carbonyl (C=O) groups excluding carboxylic acids is 1. The van der Waals surface area contributed by atoms with Crippen molar-refractivity contribution in [2.45, 2.75) is 25.3 Å². The topological polar surface area (TPSA) is 88.6 Å². The molecule has 0 saturated heterocycles. The summed E-state index contributed by atoms with van der Waals surface area (Å²) in [5, 5.41) is 2.77. The Morgan fingerprint density at radius 3 is 2.41 bits per heavy atom. The first kappa shape index (κ1) is 23.7. The van der Waals surface area contributed by atoms with Gasteiger partial charge in [-0.25, -0.2) is 13.4 Å². The maximum absolute atomic E-state index is 12.8. The predicted octanol–water partition coefficient (Wildman–Crippen LogP) is 4.60. The molecule has 1 amide bonds. The van der Waals surface area contributed by atoms with Gasteiger partial charge in [0.1, 0.15) is 11.5 Å². The van der Waals surface area contributed by atoms with E-state index in [1.807, 2.05) is 30.3 Å². The third-order valence-electron chi connectivity index (χ3n) is 4.74. The Bertz CT molecular complexity index is 1170. The molecule has 7 nitrogen and oxygen atoms in total. The monoisotopic (exact) mass is 473 g/mol. The number of pyridine rings is 1. The van der Waals surface area contributed by atoms with Crippen LogP contribution in [0.3, 0.4) is 0 Å². The first-order chi connectivity index (χ1) is 15.3. The van der Waals surface area contributed by atoms with E-state index in [-0.39, 0.29) is 15.5 Å². The van der Waals surface area contributed by atoms with Crippen LogP contribution in [0.25, 0.3) is 0 Å². The van der Waals surface area contributed by atoms with Gasteiger partial charge in [0.15, 0.2) is 0 Å². The van der Waals surface area contributed by atoms with Gasteiger partial charge in [-0.2, -0.15) is 4.31 Å². The fourth-order valence-corrected chi connectivity index (χ4v) is 4.98. The number of benzene rings is 2. The summed E-state index contributed by atoms with van der Waals surface area (Å²) in [5.74, 6) is -0.0524. The molecule has 0 bridgehead atoms. The highest BCUT2D eigenvalue weighted by molar-refractivity contribution is 7.89. The molecule has 9 heteroatoms. The van der Waals surface area contributed by atoms with E-state index in [0.717, 1.165) is 5.56 Å². The number of amides is 1. The van der Waals surface area contributed by atoms with Crippen molar-refractivity contribution in [1.29, 1.82) is 0 Å². The summed E-state index contributed by atoms with van der Waals surface area (Å²) >= 11 is 6.13. The molecule has 0 fully saturated rings. The number of aromatic nitrogens is 1. The molecule has 2 aromatic carbocycles. The molecule has 3 rings (SSSR count). The summed E-state index contributed by atoms with van der Waals surface area (Å²) in [4.78, 5) is 16.8. The largest absolute Gasteiger partial charge is 0.473 e. The van der Waals surface area contributed by atoms with Crippen molar-refractivity contribution in [3.63, 3.8) is 0 Å². The van der Waals surface area contributed by atoms with Crippen molar-refractivity contribution in [2.24, 2.45) is 0 Å². The minimum Gasteiger partial charge on any atom is -0.473 e. The average Bonchev–Trinajstić information content (AvgIpc) is 2.80. The van der Waals surface area contributed by atoms with Crippen LogP contribution in [0.5, 0.6) is 5.88 Å². The molecule has 0 saturated carbocycles. The summed E-state index contributed by atoms with van der Waals surface area (Å²) in [6.07, 6.45) is 1.47. The molecule has 32 heavy (non-hydrogen) atoms. The van der Waals surface area contributed by atoms with E-state index in [9.17, 15) is 13.2 Å². The number of anilines is 1. The number of nitrogens with zero attached hydrogens (tertiary/aromatic N) is 2. The minimum atomic E-state index is -3.80. The lowest BCUT2D eigenvalue weighted by Crippen LogP contribution is -2.31. The number of rotatable bonds is 9. The van der Waals surface area contributed by atoms with Crippen LogP contribution < -0.4 is 10.1 Å². The fourth-order valence-electron chi connectivity index (χ4n) is 3.02. The van der Waals surface area contributed by atoms with E-state index < -0.39 is 15.9 Å². The van der Waals surface area contributed by atoms with Crippen LogP contribution in [0.15, 0.2) is 71.8 Å². The van der Waals surface area contributed by atoms with Crippen molar-refractivity contribution in [3.8, 4) is 5.88 Å². The Morgan fingerprint density at radius 2 is 1.78 bits per heavy atom. The van der Waals surface area contributed by atoms with Gasteiger partial charge in [0.25, 0.3) is 5.91 Å². The third kappa shape index (κ3) is 5.64. The molecule has 0 atom stereocenters. The lowest BCUT2D eigenvalue weighted by molar-refractivity contribution is 0.102. The molecule has 0 unspecified atom stereocenters. The zero-order valence-electron chi connectivity index (χ0n) is 17.8. The summed E-state index contributed by atoms with van der Waals surface area (Å²) in [6, 6.07) is 17.2. The number of halogens is 1. The SMILES string of the molecule is CCN(CC)S(=O)(=O)c1cc(C(=O)Nc2ccc(OCc3ccccc3)nc2)ccc1Cl. The molecule has 0 aliphatic carbocycles.